The van der Waals surface area contributed by atoms with Gasteiger partial charge in [0, 0.05) is 32.7 Å². The number of ether oxygens (including phenoxy) is 1. The van der Waals surface area contributed by atoms with Crippen LogP contribution >= 0.6 is 0 Å². The van der Waals surface area contributed by atoms with Crippen molar-refractivity contribution in [1.82, 2.24) is 10.6 Å². The Bertz CT molecular complexity index is 595. The maximum atomic E-state index is 13.4. The second-order valence-corrected chi connectivity index (χ2v) is 7.95. The van der Waals surface area contributed by atoms with E-state index in [1.54, 1.807) is 20.0 Å². The largest absolute Gasteiger partial charge is 0.377 e. The first-order valence-corrected chi connectivity index (χ1v) is 9.12. The summed E-state index contributed by atoms with van der Waals surface area (Å²) in [6.45, 7) is 10.8. The quantitative estimate of drug-likeness (QED) is 0.644. The van der Waals surface area contributed by atoms with Crippen LogP contribution in [0.1, 0.15) is 44.7 Å². The molecular weight excluding hydrogens is 317 g/mol. The minimum absolute atomic E-state index is 0.134. The highest BCUT2D eigenvalue weighted by Crippen LogP contribution is 2.33. The summed E-state index contributed by atoms with van der Waals surface area (Å²) in [5, 5.41) is 6.72. The average Bonchev–Trinajstić information content (AvgIpc) is 2.57. The molecule has 2 N–H and O–H groups in total. The van der Waals surface area contributed by atoms with Crippen molar-refractivity contribution in [2.24, 2.45) is 16.3 Å². The molecule has 2 unspecified atom stereocenters. The van der Waals surface area contributed by atoms with E-state index in [9.17, 15) is 4.39 Å². The number of nitrogens with one attached hydrogen (secondary N) is 2. The Labute approximate surface area is 151 Å². The number of halogens is 1. The van der Waals surface area contributed by atoms with E-state index >= 15 is 0 Å². The molecule has 0 bridgehead atoms. The van der Waals surface area contributed by atoms with Gasteiger partial charge in [0.2, 0.25) is 0 Å². The molecule has 25 heavy (non-hydrogen) atoms. The highest BCUT2D eigenvalue weighted by Gasteiger charge is 2.35. The second-order valence-electron chi connectivity index (χ2n) is 7.95. The topological polar surface area (TPSA) is 45.7 Å². The van der Waals surface area contributed by atoms with E-state index in [0.717, 1.165) is 31.1 Å². The molecule has 5 heteroatoms. The van der Waals surface area contributed by atoms with Gasteiger partial charge >= 0.3 is 0 Å². The predicted octanol–water partition coefficient (Wildman–Crippen LogP) is 3.64. The van der Waals surface area contributed by atoms with Gasteiger partial charge in [-0.1, -0.05) is 32.9 Å². The van der Waals surface area contributed by atoms with Crippen LogP contribution in [0, 0.1) is 24.1 Å². The van der Waals surface area contributed by atoms with Gasteiger partial charge in [0.05, 0.1) is 6.10 Å². The van der Waals surface area contributed by atoms with E-state index in [0.29, 0.717) is 18.0 Å². The number of aryl methyl sites for hydroxylation is 1. The van der Waals surface area contributed by atoms with Crippen molar-refractivity contribution in [3.63, 3.8) is 0 Å². The second kappa shape index (κ2) is 8.65. The SMILES string of the molecule is CN=C(NCc1ccc(F)c(C)c1)NCC1CCCOC1C(C)(C)C. The van der Waals surface area contributed by atoms with Gasteiger partial charge in [0.15, 0.2) is 5.96 Å². The number of benzene rings is 1. The molecule has 1 aromatic rings. The Morgan fingerprint density at radius 3 is 2.72 bits per heavy atom. The summed E-state index contributed by atoms with van der Waals surface area (Å²) in [6.07, 6.45) is 2.54. The van der Waals surface area contributed by atoms with Gasteiger partial charge < -0.3 is 15.4 Å². The number of hydrogen-bond donors (Lipinski definition) is 2. The third-order valence-corrected chi connectivity index (χ3v) is 4.74. The fraction of sp³-hybridized carbons (Fsp3) is 0.650. The summed E-state index contributed by atoms with van der Waals surface area (Å²) in [6, 6.07) is 5.17. The predicted molar refractivity (Wildman–Crippen MR) is 101 cm³/mol. The number of guanidine groups is 1. The number of hydrogen-bond acceptors (Lipinski definition) is 2. The van der Waals surface area contributed by atoms with Crippen molar-refractivity contribution in [1.29, 1.82) is 0 Å². The molecule has 1 heterocycles. The van der Waals surface area contributed by atoms with E-state index < -0.39 is 0 Å². The van der Waals surface area contributed by atoms with Crippen LogP contribution in [0.2, 0.25) is 0 Å². The molecule has 0 radical (unpaired) electrons. The molecule has 0 saturated carbocycles. The zero-order valence-corrected chi connectivity index (χ0v) is 16.2. The average molecular weight is 349 g/mol. The first kappa shape index (κ1) is 19.7. The molecule has 0 spiro atoms. The molecular formula is C20H32FN3O. The molecule has 0 aliphatic carbocycles. The Balaban J connectivity index is 1.88. The number of rotatable bonds is 4. The van der Waals surface area contributed by atoms with E-state index in [-0.39, 0.29) is 17.3 Å². The molecule has 1 fully saturated rings. The fourth-order valence-corrected chi connectivity index (χ4v) is 3.46. The lowest BCUT2D eigenvalue weighted by Crippen LogP contribution is -2.47. The first-order chi connectivity index (χ1) is 11.8. The smallest absolute Gasteiger partial charge is 0.191 e. The summed E-state index contributed by atoms with van der Waals surface area (Å²) < 4.78 is 19.4. The van der Waals surface area contributed by atoms with Gasteiger partial charge in [-0.3, -0.25) is 4.99 Å². The maximum Gasteiger partial charge on any atom is 0.191 e. The fourth-order valence-electron chi connectivity index (χ4n) is 3.46. The maximum absolute atomic E-state index is 13.4. The molecule has 2 atom stereocenters. The summed E-state index contributed by atoms with van der Waals surface area (Å²) in [4.78, 5) is 4.29. The molecule has 0 aromatic heterocycles. The molecule has 1 aliphatic heterocycles. The summed E-state index contributed by atoms with van der Waals surface area (Å²) in [5.74, 6) is 1.07. The van der Waals surface area contributed by atoms with Crippen molar-refractivity contribution < 1.29 is 9.13 Å². The van der Waals surface area contributed by atoms with Crippen LogP contribution in [0.25, 0.3) is 0 Å². The van der Waals surface area contributed by atoms with Crippen LogP contribution in [0.4, 0.5) is 4.39 Å². The van der Waals surface area contributed by atoms with Crippen LogP contribution in [-0.2, 0) is 11.3 Å². The molecule has 140 valence electrons. The standard InChI is InChI=1S/C20H32FN3O/c1-14-11-15(8-9-17(14)21)12-23-19(22-5)24-13-16-7-6-10-25-18(16)20(2,3)4/h8-9,11,16,18H,6-7,10,12-13H2,1-5H3,(H2,22,23,24). The van der Waals surface area contributed by atoms with Gasteiger partial charge in [0.25, 0.3) is 0 Å². The summed E-state index contributed by atoms with van der Waals surface area (Å²) in [7, 11) is 1.77. The van der Waals surface area contributed by atoms with Gasteiger partial charge in [-0.2, -0.15) is 0 Å². The van der Waals surface area contributed by atoms with Crippen molar-refractivity contribution >= 4 is 5.96 Å². The minimum Gasteiger partial charge on any atom is -0.377 e. The number of nitrogens with zero attached hydrogens (tertiary/aromatic N) is 1. The van der Waals surface area contributed by atoms with Crippen LogP contribution in [0.3, 0.4) is 0 Å². The molecule has 1 saturated heterocycles. The molecule has 0 amide bonds. The zero-order valence-electron chi connectivity index (χ0n) is 16.2. The highest BCUT2D eigenvalue weighted by atomic mass is 19.1. The van der Waals surface area contributed by atoms with Gasteiger partial charge in [-0.15, -0.1) is 0 Å². The Hall–Kier alpha value is -1.62. The zero-order chi connectivity index (χ0) is 18.4. The van der Waals surface area contributed by atoms with Crippen molar-refractivity contribution in [2.45, 2.75) is 53.2 Å². The molecule has 1 aliphatic rings. The Kier molecular flexibility index (Phi) is 6.82. The molecule has 2 rings (SSSR count). The van der Waals surface area contributed by atoms with Crippen LogP contribution in [-0.4, -0.2) is 32.3 Å². The lowest BCUT2D eigenvalue weighted by atomic mass is 9.78. The van der Waals surface area contributed by atoms with Gasteiger partial charge in [-0.25, -0.2) is 4.39 Å². The van der Waals surface area contributed by atoms with E-state index in [1.807, 2.05) is 6.07 Å². The van der Waals surface area contributed by atoms with Gasteiger partial charge in [0.1, 0.15) is 5.82 Å². The van der Waals surface area contributed by atoms with Crippen molar-refractivity contribution in [2.75, 3.05) is 20.2 Å². The lowest BCUT2D eigenvalue weighted by molar-refractivity contribution is -0.0835. The van der Waals surface area contributed by atoms with Crippen molar-refractivity contribution in [3.8, 4) is 0 Å². The van der Waals surface area contributed by atoms with Crippen LogP contribution < -0.4 is 10.6 Å². The molecule has 4 nitrogen and oxygen atoms in total. The lowest BCUT2D eigenvalue weighted by Gasteiger charge is -2.40. The Morgan fingerprint density at radius 1 is 1.32 bits per heavy atom. The minimum atomic E-state index is -0.170. The van der Waals surface area contributed by atoms with Crippen LogP contribution in [0.15, 0.2) is 23.2 Å². The normalized spacial score (nSPS) is 21.9. The highest BCUT2D eigenvalue weighted by molar-refractivity contribution is 5.79. The van der Waals surface area contributed by atoms with Crippen LogP contribution in [0.5, 0.6) is 0 Å². The molecule has 1 aromatic carbocycles. The van der Waals surface area contributed by atoms with E-state index in [4.69, 9.17) is 4.74 Å². The first-order valence-electron chi connectivity index (χ1n) is 9.12. The third-order valence-electron chi connectivity index (χ3n) is 4.74. The number of aliphatic imine (C=N–C) groups is 1. The summed E-state index contributed by atoms with van der Waals surface area (Å²) >= 11 is 0. The third kappa shape index (κ3) is 5.70. The monoisotopic (exact) mass is 349 g/mol. The Morgan fingerprint density at radius 2 is 2.08 bits per heavy atom. The van der Waals surface area contributed by atoms with E-state index in [1.165, 1.54) is 12.5 Å². The van der Waals surface area contributed by atoms with Gasteiger partial charge in [-0.05, 0) is 42.4 Å². The van der Waals surface area contributed by atoms with Crippen molar-refractivity contribution in [3.05, 3.63) is 35.1 Å². The summed E-state index contributed by atoms with van der Waals surface area (Å²) in [5.41, 5.74) is 1.83. The van der Waals surface area contributed by atoms with E-state index in [2.05, 4.69) is 36.4 Å².